The van der Waals surface area contributed by atoms with Gasteiger partial charge in [0.25, 0.3) is 0 Å². The molecule has 0 bridgehead atoms. The molecule has 0 aromatic carbocycles. The molecule has 1 fully saturated rings. The molecule has 5 unspecified atom stereocenters. The summed E-state index contributed by atoms with van der Waals surface area (Å²) in [5.41, 5.74) is 5.59. The molecule has 1 aliphatic rings. The molecule has 0 radical (unpaired) electrons. The van der Waals surface area contributed by atoms with Gasteiger partial charge in [0.05, 0.1) is 18.8 Å². The molecule has 0 saturated carbocycles. The summed E-state index contributed by atoms with van der Waals surface area (Å²) in [5.74, 6) is 0. The number of aliphatic hydroxyl groups excluding tert-OH is 4. The first kappa shape index (κ1) is 11.8. The van der Waals surface area contributed by atoms with Crippen LogP contribution in [0.3, 0.4) is 0 Å². The van der Waals surface area contributed by atoms with Crippen molar-refractivity contribution >= 4 is 0 Å². The molecule has 6 heteroatoms. The zero-order valence-corrected chi connectivity index (χ0v) is 7.78. The molecule has 6 N–H and O–H groups in total. The van der Waals surface area contributed by atoms with E-state index in [2.05, 4.69) is 0 Å². The standard InChI is InChI=1S/C8H17NO5/c9-6-4(1-2-10)14-5(3-11)7(12)8(6)13/h4-8,10-13H,1-3,9H2. The average molecular weight is 207 g/mol. The van der Waals surface area contributed by atoms with Crippen LogP contribution in [0.1, 0.15) is 6.42 Å². The van der Waals surface area contributed by atoms with Gasteiger partial charge in [-0.05, 0) is 6.42 Å². The predicted octanol–water partition coefficient (Wildman–Crippen LogP) is -2.82. The topological polar surface area (TPSA) is 116 Å². The van der Waals surface area contributed by atoms with Crippen molar-refractivity contribution in [2.75, 3.05) is 13.2 Å². The fourth-order valence-electron chi connectivity index (χ4n) is 1.60. The first-order valence-corrected chi connectivity index (χ1v) is 4.60. The van der Waals surface area contributed by atoms with Gasteiger partial charge in [0.2, 0.25) is 0 Å². The van der Waals surface area contributed by atoms with Crippen molar-refractivity contribution < 1.29 is 25.2 Å². The van der Waals surface area contributed by atoms with Crippen LogP contribution in [0.5, 0.6) is 0 Å². The third-order valence-corrected chi connectivity index (χ3v) is 2.50. The van der Waals surface area contributed by atoms with Gasteiger partial charge in [0, 0.05) is 6.61 Å². The van der Waals surface area contributed by atoms with Crippen molar-refractivity contribution in [3.8, 4) is 0 Å². The van der Waals surface area contributed by atoms with Gasteiger partial charge in [-0.1, -0.05) is 0 Å². The fraction of sp³-hybridized carbons (Fsp3) is 1.00. The van der Waals surface area contributed by atoms with Gasteiger partial charge < -0.3 is 30.9 Å². The van der Waals surface area contributed by atoms with Gasteiger partial charge in [-0.25, -0.2) is 0 Å². The fourth-order valence-corrected chi connectivity index (χ4v) is 1.60. The highest BCUT2D eigenvalue weighted by Gasteiger charge is 2.41. The largest absolute Gasteiger partial charge is 0.396 e. The Balaban J connectivity index is 2.63. The Morgan fingerprint density at radius 2 is 1.71 bits per heavy atom. The van der Waals surface area contributed by atoms with Gasteiger partial charge in [-0.3, -0.25) is 0 Å². The quantitative estimate of drug-likeness (QED) is 0.341. The molecule has 5 atom stereocenters. The maximum Gasteiger partial charge on any atom is 0.110 e. The van der Waals surface area contributed by atoms with E-state index in [4.69, 9.17) is 20.7 Å². The van der Waals surface area contributed by atoms with Gasteiger partial charge in [-0.15, -0.1) is 0 Å². The summed E-state index contributed by atoms with van der Waals surface area (Å²) in [7, 11) is 0. The number of hydrogen-bond donors (Lipinski definition) is 5. The first-order chi connectivity index (χ1) is 6.61. The van der Waals surface area contributed by atoms with Crippen molar-refractivity contribution in [3.05, 3.63) is 0 Å². The number of nitrogens with two attached hydrogens (primary N) is 1. The summed E-state index contributed by atoms with van der Waals surface area (Å²) in [5, 5.41) is 36.5. The van der Waals surface area contributed by atoms with Crippen LogP contribution in [0.25, 0.3) is 0 Å². The van der Waals surface area contributed by atoms with E-state index in [0.29, 0.717) is 0 Å². The molecule has 1 heterocycles. The van der Waals surface area contributed by atoms with Crippen LogP contribution in [0.4, 0.5) is 0 Å². The lowest BCUT2D eigenvalue weighted by Gasteiger charge is -2.40. The predicted molar refractivity (Wildman–Crippen MR) is 47.4 cm³/mol. The lowest BCUT2D eigenvalue weighted by atomic mass is 9.92. The minimum Gasteiger partial charge on any atom is -0.396 e. The molecule has 84 valence electrons. The Kier molecular flexibility index (Phi) is 4.24. The van der Waals surface area contributed by atoms with Crippen LogP contribution in [0.15, 0.2) is 0 Å². The maximum absolute atomic E-state index is 9.50. The second-order valence-electron chi connectivity index (χ2n) is 3.47. The van der Waals surface area contributed by atoms with Crippen molar-refractivity contribution in [2.45, 2.75) is 36.9 Å². The van der Waals surface area contributed by atoms with Crippen molar-refractivity contribution in [2.24, 2.45) is 5.73 Å². The number of ether oxygens (including phenoxy) is 1. The summed E-state index contributed by atoms with van der Waals surface area (Å²) in [6.45, 7) is -0.494. The van der Waals surface area contributed by atoms with Crippen LogP contribution in [-0.2, 0) is 4.74 Å². The molecule has 14 heavy (non-hydrogen) atoms. The summed E-state index contributed by atoms with van der Waals surface area (Å²) in [6.07, 6.45) is -3.39. The number of aliphatic hydroxyl groups is 4. The monoisotopic (exact) mass is 207 g/mol. The lowest BCUT2D eigenvalue weighted by Crippen LogP contribution is -2.61. The van der Waals surface area contributed by atoms with Gasteiger partial charge >= 0.3 is 0 Å². The van der Waals surface area contributed by atoms with E-state index in [-0.39, 0.29) is 19.6 Å². The Morgan fingerprint density at radius 1 is 1.07 bits per heavy atom. The number of rotatable bonds is 3. The second-order valence-corrected chi connectivity index (χ2v) is 3.47. The minimum absolute atomic E-state index is 0.112. The van der Waals surface area contributed by atoms with E-state index in [0.717, 1.165) is 0 Å². The molecule has 1 aliphatic heterocycles. The van der Waals surface area contributed by atoms with Crippen LogP contribution < -0.4 is 5.73 Å². The van der Waals surface area contributed by atoms with Crippen LogP contribution in [-0.4, -0.2) is 64.1 Å². The smallest absolute Gasteiger partial charge is 0.110 e. The molecule has 0 aliphatic carbocycles. The van der Waals surface area contributed by atoms with Crippen LogP contribution in [0, 0.1) is 0 Å². The zero-order chi connectivity index (χ0) is 10.7. The van der Waals surface area contributed by atoms with Crippen molar-refractivity contribution in [1.29, 1.82) is 0 Å². The maximum atomic E-state index is 9.50. The number of hydrogen-bond acceptors (Lipinski definition) is 6. The lowest BCUT2D eigenvalue weighted by molar-refractivity contribution is -0.191. The van der Waals surface area contributed by atoms with Gasteiger partial charge in [0.1, 0.15) is 18.3 Å². The zero-order valence-electron chi connectivity index (χ0n) is 7.78. The second kappa shape index (κ2) is 5.01. The highest BCUT2D eigenvalue weighted by molar-refractivity contribution is 4.94. The van der Waals surface area contributed by atoms with E-state index in [1.54, 1.807) is 0 Å². The summed E-state index contributed by atoms with van der Waals surface area (Å²) in [4.78, 5) is 0. The molecule has 1 rings (SSSR count). The van der Waals surface area contributed by atoms with E-state index in [1.165, 1.54) is 0 Å². The molecule has 0 spiro atoms. The normalized spacial score (nSPS) is 43.9. The highest BCUT2D eigenvalue weighted by Crippen LogP contribution is 2.21. The summed E-state index contributed by atoms with van der Waals surface area (Å²) in [6, 6.07) is -0.736. The Hall–Kier alpha value is -0.240. The third-order valence-electron chi connectivity index (χ3n) is 2.50. The molecule has 0 aromatic rings. The molecule has 0 aromatic heterocycles. The minimum atomic E-state index is -1.18. The van der Waals surface area contributed by atoms with E-state index < -0.39 is 30.5 Å². The molecule has 6 nitrogen and oxygen atoms in total. The highest BCUT2D eigenvalue weighted by atomic mass is 16.5. The molecule has 1 saturated heterocycles. The third kappa shape index (κ3) is 2.22. The average Bonchev–Trinajstić information content (AvgIpc) is 2.19. The van der Waals surface area contributed by atoms with Crippen molar-refractivity contribution in [3.63, 3.8) is 0 Å². The van der Waals surface area contributed by atoms with Crippen LogP contribution in [0.2, 0.25) is 0 Å². The SMILES string of the molecule is NC1C(CCO)OC(CO)C(O)C1O. The van der Waals surface area contributed by atoms with Gasteiger partial charge in [-0.2, -0.15) is 0 Å². The van der Waals surface area contributed by atoms with Crippen molar-refractivity contribution in [1.82, 2.24) is 0 Å². The van der Waals surface area contributed by atoms with E-state index in [1.807, 2.05) is 0 Å². The molecular formula is C8H17NO5. The summed E-state index contributed by atoms with van der Waals surface area (Å²) >= 11 is 0. The molecule has 0 amide bonds. The van der Waals surface area contributed by atoms with E-state index >= 15 is 0 Å². The molecular weight excluding hydrogens is 190 g/mol. The van der Waals surface area contributed by atoms with E-state index in [9.17, 15) is 10.2 Å². The first-order valence-electron chi connectivity index (χ1n) is 4.60. The Bertz CT molecular complexity index is 175. The van der Waals surface area contributed by atoms with Crippen LogP contribution >= 0.6 is 0 Å². The summed E-state index contributed by atoms with van der Waals surface area (Å²) < 4.78 is 5.23. The Morgan fingerprint density at radius 3 is 2.21 bits per heavy atom. The van der Waals surface area contributed by atoms with Gasteiger partial charge in [0.15, 0.2) is 0 Å². The Labute approximate surface area is 81.9 Å².